The monoisotopic (exact) mass is 332 g/mol. The lowest BCUT2D eigenvalue weighted by Gasteiger charge is -2.37. The number of fused-ring (bicyclic) bond motifs is 1. The number of aliphatic carboxylic acids is 1. The summed E-state index contributed by atoms with van der Waals surface area (Å²) in [5.74, 6) is -1.15. The van der Waals surface area contributed by atoms with Crippen LogP contribution in [0.3, 0.4) is 0 Å². The van der Waals surface area contributed by atoms with Crippen molar-refractivity contribution in [1.82, 2.24) is 10.2 Å². The molecule has 5 heteroatoms. The first-order valence-corrected chi connectivity index (χ1v) is 8.53. The van der Waals surface area contributed by atoms with Crippen LogP contribution in [0.4, 0.5) is 4.79 Å². The molecule has 0 radical (unpaired) electrons. The second kappa shape index (κ2) is 7.24. The number of hydrogen-bond acceptors (Lipinski definition) is 2. The Morgan fingerprint density at radius 1 is 1.38 bits per heavy atom. The van der Waals surface area contributed by atoms with Crippen LogP contribution >= 0.6 is 0 Å². The van der Waals surface area contributed by atoms with Gasteiger partial charge in [-0.3, -0.25) is 4.79 Å². The van der Waals surface area contributed by atoms with E-state index in [0.717, 1.165) is 12.8 Å². The van der Waals surface area contributed by atoms with Crippen LogP contribution in [0.15, 0.2) is 24.3 Å². The molecule has 0 heterocycles. The summed E-state index contributed by atoms with van der Waals surface area (Å²) in [6, 6.07) is 8.25. The number of urea groups is 1. The van der Waals surface area contributed by atoms with Crippen molar-refractivity contribution in [2.75, 3.05) is 20.1 Å². The summed E-state index contributed by atoms with van der Waals surface area (Å²) in [4.78, 5) is 24.5. The minimum absolute atomic E-state index is 0.171. The highest BCUT2D eigenvalue weighted by molar-refractivity contribution is 5.75. The normalized spacial score (nSPS) is 19.9. The van der Waals surface area contributed by atoms with Crippen LogP contribution in [-0.2, 0) is 10.2 Å². The Morgan fingerprint density at radius 2 is 2.04 bits per heavy atom. The van der Waals surface area contributed by atoms with E-state index in [-0.39, 0.29) is 18.0 Å². The fourth-order valence-corrected chi connectivity index (χ4v) is 3.42. The van der Waals surface area contributed by atoms with E-state index in [0.29, 0.717) is 12.5 Å². The first kappa shape index (κ1) is 18.3. The average molecular weight is 332 g/mol. The summed E-state index contributed by atoms with van der Waals surface area (Å²) in [6.07, 6.45) is 2.13. The fourth-order valence-electron chi connectivity index (χ4n) is 3.42. The van der Waals surface area contributed by atoms with Gasteiger partial charge < -0.3 is 15.3 Å². The molecule has 0 bridgehead atoms. The molecule has 0 aliphatic heterocycles. The van der Waals surface area contributed by atoms with Crippen molar-refractivity contribution in [3.05, 3.63) is 35.4 Å². The molecule has 0 saturated heterocycles. The topological polar surface area (TPSA) is 69.6 Å². The van der Waals surface area contributed by atoms with E-state index in [2.05, 4.69) is 43.4 Å². The number of carbonyl (C=O) groups excluding carboxylic acids is 1. The van der Waals surface area contributed by atoms with Crippen molar-refractivity contribution >= 4 is 12.0 Å². The highest BCUT2D eigenvalue weighted by atomic mass is 16.4. The molecule has 1 aromatic carbocycles. The lowest BCUT2D eigenvalue weighted by atomic mass is 9.69. The van der Waals surface area contributed by atoms with Crippen LogP contribution in [0, 0.1) is 5.92 Å². The summed E-state index contributed by atoms with van der Waals surface area (Å²) in [5.41, 5.74) is 2.85. The fraction of sp³-hybridized carbons (Fsp3) is 0.579. The number of carboxylic acid groups (broad SMARTS) is 1. The van der Waals surface area contributed by atoms with Crippen LogP contribution in [-0.4, -0.2) is 42.1 Å². The predicted octanol–water partition coefficient (Wildman–Crippen LogP) is 3.20. The van der Waals surface area contributed by atoms with Gasteiger partial charge in [0.1, 0.15) is 0 Å². The van der Waals surface area contributed by atoms with Gasteiger partial charge in [-0.05, 0) is 29.4 Å². The predicted molar refractivity (Wildman–Crippen MR) is 94.3 cm³/mol. The minimum Gasteiger partial charge on any atom is -0.481 e. The number of carbonyl (C=O) groups is 2. The Bertz CT molecular complexity index is 612. The quantitative estimate of drug-likeness (QED) is 0.870. The summed E-state index contributed by atoms with van der Waals surface area (Å²) < 4.78 is 0. The number of hydrogen-bond donors (Lipinski definition) is 2. The minimum atomic E-state index is -0.891. The van der Waals surface area contributed by atoms with Crippen molar-refractivity contribution < 1.29 is 14.7 Å². The number of nitrogens with zero attached hydrogens (tertiary/aromatic N) is 1. The molecule has 5 nitrogen and oxygen atoms in total. The molecule has 2 atom stereocenters. The molecule has 2 N–H and O–H groups in total. The number of rotatable bonds is 5. The zero-order valence-corrected chi connectivity index (χ0v) is 15.0. The summed E-state index contributed by atoms with van der Waals surface area (Å²) in [7, 11) is 1.63. The van der Waals surface area contributed by atoms with Crippen LogP contribution in [0.2, 0.25) is 0 Å². The lowest BCUT2D eigenvalue weighted by molar-refractivity contribution is -0.141. The third-order valence-corrected chi connectivity index (χ3v) is 5.06. The van der Waals surface area contributed by atoms with Gasteiger partial charge in [-0.25, -0.2) is 4.79 Å². The third-order valence-electron chi connectivity index (χ3n) is 5.06. The van der Waals surface area contributed by atoms with Gasteiger partial charge in [-0.1, -0.05) is 45.0 Å². The smallest absolute Gasteiger partial charge is 0.317 e. The highest BCUT2D eigenvalue weighted by Gasteiger charge is 2.32. The van der Waals surface area contributed by atoms with Crippen LogP contribution in [0.25, 0.3) is 0 Å². The van der Waals surface area contributed by atoms with Crippen LogP contribution in [0.1, 0.15) is 50.7 Å². The maximum Gasteiger partial charge on any atom is 0.317 e. The molecule has 2 amide bonds. The summed E-state index contributed by atoms with van der Waals surface area (Å²) in [6.45, 7) is 6.92. The summed E-state index contributed by atoms with van der Waals surface area (Å²) in [5, 5.41) is 11.9. The number of benzene rings is 1. The van der Waals surface area contributed by atoms with E-state index in [1.807, 2.05) is 0 Å². The van der Waals surface area contributed by atoms with Crippen molar-refractivity contribution in [1.29, 1.82) is 0 Å². The van der Waals surface area contributed by atoms with Crippen LogP contribution < -0.4 is 5.32 Å². The zero-order chi connectivity index (χ0) is 17.9. The molecule has 1 aromatic rings. The van der Waals surface area contributed by atoms with E-state index in [4.69, 9.17) is 5.11 Å². The number of nitrogens with one attached hydrogen (secondary N) is 1. The zero-order valence-electron chi connectivity index (χ0n) is 15.0. The van der Waals surface area contributed by atoms with Gasteiger partial charge in [0, 0.05) is 26.1 Å². The Kier molecular flexibility index (Phi) is 5.52. The van der Waals surface area contributed by atoms with E-state index >= 15 is 0 Å². The highest BCUT2D eigenvalue weighted by Crippen LogP contribution is 2.42. The van der Waals surface area contributed by atoms with Gasteiger partial charge in [0.15, 0.2) is 0 Å². The van der Waals surface area contributed by atoms with Crippen molar-refractivity contribution in [3.63, 3.8) is 0 Å². The Labute approximate surface area is 144 Å². The van der Waals surface area contributed by atoms with E-state index in [1.165, 1.54) is 16.0 Å². The van der Waals surface area contributed by atoms with E-state index < -0.39 is 11.9 Å². The van der Waals surface area contributed by atoms with Gasteiger partial charge in [0.2, 0.25) is 0 Å². The van der Waals surface area contributed by atoms with Crippen LogP contribution in [0.5, 0.6) is 0 Å². The first-order chi connectivity index (χ1) is 11.2. The molecule has 0 saturated carbocycles. The molecule has 24 heavy (non-hydrogen) atoms. The Balaban J connectivity index is 1.97. The number of carboxylic acids is 1. The molecule has 132 valence electrons. The molecule has 0 fully saturated rings. The van der Waals surface area contributed by atoms with Crippen molar-refractivity contribution in [2.45, 2.75) is 44.9 Å². The molecule has 2 rings (SSSR count). The standard InChI is InChI=1S/C19H28N2O3/c1-13(17(22)23)12-21(4)18(24)20-11-14-9-10-19(2,3)16-8-6-5-7-15(14)16/h5-8,13-14H,9-12H2,1-4H3,(H,20,24)(H,22,23). The molecule has 1 aliphatic rings. The third kappa shape index (κ3) is 4.08. The maximum absolute atomic E-state index is 12.2. The Morgan fingerprint density at radius 3 is 2.71 bits per heavy atom. The molecule has 2 unspecified atom stereocenters. The van der Waals surface area contributed by atoms with Gasteiger partial charge in [-0.2, -0.15) is 0 Å². The largest absolute Gasteiger partial charge is 0.481 e. The first-order valence-electron chi connectivity index (χ1n) is 8.53. The van der Waals surface area contributed by atoms with Gasteiger partial charge in [0.05, 0.1) is 5.92 Å². The van der Waals surface area contributed by atoms with E-state index in [9.17, 15) is 9.59 Å². The molecule has 0 aromatic heterocycles. The number of amides is 2. The SMILES string of the molecule is CC(CN(C)C(=O)NCC1CCC(C)(C)c2ccccc21)C(=O)O. The van der Waals surface area contributed by atoms with E-state index in [1.54, 1.807) is 14.0 Å². The second-order valence-electron chi connectivity index (χ2n) is 7.51. The van der Waals surface area contributed by atoms with Gasteiger partial charge >= 0.3 is 12.0 Å². The van der Waals surface area contributed by atoms with Crippen molar-refractivity contribution in [3.8, 4) is 0 Å². The molecular formula is C19H28N2O3. The summed E-state index contributed by atoms with van der Waals surface area (Å²) >= 11 is 0. The molecule has 0 spiro atoms. The van der Waals surface area contributed by atoms with Gasteiger partial charge in [0.25, 0.3) is 0 Å². The van der Waals surface area contributed by atoms with Gasteiger partial charge in [-0.15, -0.1) is 0 Å². The second-order valence-corrected chi connectivity index (χ2v) is 7.51. The molecule has 1 aliphatic carbocycles. The lowest BCUT2D eigenvalue weighted by Crippen LogP contribution is -2.42. The molecular weight excluding hydrogens is 304 g/mol. The Hall–Kier alpha value is -2.04. The maximum atomic E-state index is 12.2. The van der Waals surface area contributed by atoms with Crippen molar-refractivity contribution in [2.24, 2.45) is 5.92 Å². The average Bonchev–Trinajstić information content (AvgIpc) is 2.53.